The van der Waals surface area contributed by atoms with Gasteiger partial charge in [-0.2, -0.15) is 5.10 Å². The lowest BCUT2D eigenvalue weighted by Crippen LogP contribution is -2.21. The Labute approximate surface area is 151 Å². The van der Waals surface area contributed by atoms with E-state index >= 15 is 0 Å². The minimum absolute atomic E-state index is 0.0734. The van der Waals surface area contributed by atoms with Gasteiger partial charge in [0.15, 0.2) is 9.84 Å². The Morgan fingerprint density at radius 3 is 2.96 bits per heavy atom. The first-order chi connectivity index (χ1) is 11.8. The predicted octanol–water partition coefficient (Wildman–Crippen LogP) is 2.47. The lowest BCUT2D eigenvalue weighted by molar-refractivity contribution is -0.121. The Balaban J connectivity index is 1.64. The maximum Gasteiger partial charge on any atom is 0.240 e. The summed E-state index contributed by atoms with van der Waals surface area (Å²) in [6.07, 6.45) is 2.12. The van der Waals surface area contributed by atoms with Crippen molar-refractivity contribution < 1.29 is 13.2 Å². The summed E-state index contributed by atoms with van der Waals surface area (Å²) in [6.45, 7) is 1.98. The Morgan fingerprint density at radius 1 is 1.44 bits per heavy atom. The van der Waals surface area contributed by atoms with Crippen molar-refractivity contribution in [1.29, 1.82) is 0 Å². The van der Waals surface area contributed by atoms with E-state index in [9.17, 15) is 13.2 Å². The number of nitrogens with zero attached hydrogens (tertiary/aromatic N) is 2. The Morgan fingerprint density at radius 2 is 2.24 bits per heavy atom. The molecule has 1 aromatic heterocycles. The lowest BCUT2D eigenvalue weighted by atomic mass is 10.1. The normalized spacial score (nSPS) is 19.5. The predicted molar refractivity (Wildman–Crippen MR) is 98.6 cm³/mol. The summed E-state index contributed by atoms with van der Waals surface area (Å²) >= 11 is 6.16. The number of carbonyl (C=O) groups is 1. The van der Waals surface area contributed by atoms with Crippen molar-refractivity contribution in [3.05, 3.63) is 40.5 Å². The first-order valence-corrected chi connectivity index (χ1v) is 10.1. The summed E-state index contributed by atoms with van der Waals surface area (Å²) < 4.78 is 22.8. The summed E-state index contributed by atoms with van der Waals surface area (Å²) in [5.41, 5.74) is 4.91. The molecule has 8 heteroatoms. The monoisotopic (exact) mass is 379 g/mol. The summed E-state index contributed by atoms with van der Waals surface area (Å²) in [5, 5.41) is 5.14. The van der Waals surface area contributed by atoms with Crippen LogP contribution in [0.3, 0.4) is 0 Å². The van der Waals surface area contributed by atoms with Gasteiger partial charge in [-0.05, 0) is 37.0 Å². The van der Waals surface area contributed by atoms with Crippen LogP contribution in [-0.2, 0) is 14.6 Å². The summed E-state index contributed by atoms with van der Waals surface area (Å²) in [4.78, 5) is 16.2. The molecule has 0 bridgehead atoms. The molecule has 132 valence electrons. The van der Waals surface area contributed by atoms with Crippen LogP contribution in [0.1, 0.15) is 24.0 Å². The Hall–Kier alpha value is -1.99. The van der Waals surface area contributed by atoms with Crippen molar-refractivity contribution in [3.63, 3.8) is 0 Å². The first-order valence-electron chi connectivity index (χ1n) is 7.92. The second-order valence-corrected chi connectivity index (χ2v) is 8.92. The average Bonchev–Trinajstić information content (AvgIpc) is 2.86. The van der Waals surface area contributed by atoms with Crippen molar-refractivity contribution in [2.75, 3.05) is 11.5 Å². The first kappa shape index (κ1) is 17.8. The number of amides is 1. The van der Waals surface area contributed by atoms with E-state index in [4.69, 9.17) is 11.6 Å². The SMILES string of the molecule is Cc1ccc2cc(/C=N\NC(=O)C[C@H]3CCS(=O)(=O)C3)c(Cl)nc2c1. The number of fused-ring (bicyclic) bond motifs is 1. The van der Waals surface area contributed by atoms with Gasteiger partial charge in [0.25, 0.3) is 0 Å². The fourth-order valence-corrected chi connectivity index (χ4v) is 4.93. The van der Waals surface area contributed by atoms with Crippen LogP contribution >= 0.6 is 11.6 Å². The number of hydrogen-bond acceptors (Lipinski definition) is 5. The van der Waals surface area contributed by atoms with E-state index in [1.165, 1.54) is 6.21 Å². The Kier molecular flexibility index (Phi) is 5.06. The van der Waals surface area contributed by atoms with Crippen LogP contribution < -0.4 is 5.43 Å². The second kappa shape index (κ2) is 7.09. The fourth-order valence-electron chi connectivity index (χ4n) is 2.88. The number of sulfone groups is 1. The van der Waals surface area contributed by atoms with Crippen molar-refractivity contribution in [2.24, 2.45) is 11.0 Å². The molecule has 1 fully saturated rings. The lowest BCUT2D eigenvalue weighted by Gasteiger charge is -2.06. The molecular formula is C17H18ClN3O3S. The molecule has 6 nitrogen and oxygen atoms in total. The van der Waals surface area contributed by atoms with Gasteiger partial charge in [0, 0.05) is 17.4 Å². The van der Waals surface area contributed by atoms with Gasteiger partial charge >= 0.3 is 0 Å². The van der Waals surface area contributed by atoms with Crippen LogP contribution in [-0.4, -0.2) is 37.0 Å². The van der Waals surface area contributed by atoms with E-state index in [0.29, 0.717) is 17.1 Å². The van der Waals surface area contributed by atoms with Gasteiger partial charge in [0.2, 0.25) is 5.91 Å². The van der Waals surface area contributed by atoms with Crippen LogP contribution in [0.15, 0.2) is 29.4 Å². The molecule has 0 saturated carbocycles. The number of carbonyl (C=O) groups excluding carboxylic acids is 1. The third-order valence-corrected chi connectivity index (χ3v) is 6.29. The largest absolute Gasteiger partial charge is 0.273 e. The van der Waals surface area contributed by atoms with Gasteiger partial charge in [-0.3, -0.25) is 4.79 Å². The van der Waals surface area contributed by atoms with Crippen LogP contribution in [0.5, 0.6) is 0 Å². The van der Waals surface area contributed by atoms with Crippen LogP contribution in [0.2, 0.25) is 5.15 Å². The molecule has 0 spiro atoms. The number of hydrazone groups is 1. The molecule has 0 unspecified atom stereocenters. The molecule has 0 radical (unpaired) electrons. The maximum atomic E-state index is 11.9. The molecule has 0 aliphatic carbocycles. The third-order valence-electron chi connectivity index (χ3n) is 4.15. The third kappa shape index (κ3) is 4.55. The minimum atomic E-state index is -2.98. The highest BCUT2D eigenvalue weighted by atomic mass is 35.5. The zero-order chi connectivity index (χ0) is 18.0. The number of aromatic nitrogens is 1. The van der Waals surface area contributed by atoms with Crippen LogP contribution in [0, 0.1) is 12.8 Å². The van der Waals surface area contributed by atoms with E-state index in [2.05, 4.69) is 15.5 Å². The molecule has 3 rings (SSSR count). The minimum Gasteiger partial charge on any atom is -0.273 e. The van der Waals surface area contributed by atoms with Gasteiger partial charge in [0.1, 0.15) is 5.15 Å². The number of rotatable bonds is 4. The number of benzene rings is 1. The van der Waals surface area contributed by atoms with E-state index in [0.717, 1.165) is 16.5 Å². The molecule has 1 atom stereocenters. The number of nitrogens with one attached hydrogen (secondary N) is 1. The quantitative estimate of drug-likeness (QED) is 0.502. The molecule has 1 aliphatic heterocycles. The zero-order valence-corrected chi connectivity index (χ0v) is 15.3. The molecule has 2 aromatic rings. The highest BCUT2D eigenvalue weighted by Gasteiger charge is 2.29. The zero-order valence-electron chi connectivity index (χ0n) is 13.7. The van der Waals surface area contributed by atoms with Gasteiger partial charge in [0.05, 0.1) is 23.2 Å². The van der Waals surface area contributed by atoms with Crippen molar-refractivity contribution in [2.45, 2.75) is 19.8 Å². The standard InChI is InChI=1S/C17H18ClN3O3S/c1-11-2-3-13-8-14(17(18)20-15(13)6-11)9-19-21-16(22)7-12-4-5-25(23,24)10-12/h2-3,6,8-9,12H,4-5,7,10H2,1H3,(H,21,22)/b19-9-/t12-/m1/s1. The Bertz CT molecular complexity index is 957. The number of aryl methyl sites for hydroxylation is 1. The summed E-state index contributed by atoms with van der Waals surface area (Å²) in [6, 6.07) is 7.73. The molecule has 1 aliphatic rings. The van der Waals surface area contributed by atoms with E-state index in [1.54, 1.807) is 0 Å². The van der Waals surface area contributed by atoms with Gasteiger partial charge in [-0.15, -0.1) is 0 Å². The second-order valence-electron chi connectivity index (χ2n) is 6.33. The van der Waals surface area contributed by atoms with Crippen LogP contribution in [0.25, 0.3) is 10.9 Å². The maximum absolute atomic E-state index is 11.9. The number of pyridine rings is 1. The van der Waals surface area contributed by atoms with Crippen LogP contribution in [0.4, 0.5) is 0 Å². The highest BCUT2D eigenvalue weighted by Crippen LogP contribution is 2.22. The molecule has 1 saturated heterocycles. The van der Waals surface area contributed by atoms with E-state index in [-0.39, 0.29) is 29.8 Å². The number of hydrogen-bond donors (Lipinski definition) is 1. The van der Waals surface area contributed by atoms with Crippen molar-refractivity contribution in [3.8, 4) is 0 Å². The van der Waals surface area contributed by atoms with Crippen molar-refractivity contribution >= 4 is 44.5 Å². The molecule has 25 heavy (non-hydrogen) atoms. The molecule has 2 heterocycles. The molecule has 1 aromatic carbocycles. The topological polar surface area (TPSA) is 88.5 Å². The summed E-state index contributed by atoms with van der Waals surface area (Å²) in [5.74, 6) is -0.205. The number of halogens is 1. The molecular weight excluding hydrogens is 362 g/mol. The fraction of sp³-hybridized carbons (Fsp3) is 0.353. The summed E-state index contributed by atoms with van der Waals surface area (Å²) in [7, 11) is -2.98. The van der Waals surface area contributed by atoms with E-state index in [1.807, 2.05) is 31.2 Å². The average molecular weight is 380 g/mol. The smallest absolute Gasteiger partial charge is 0.240 e. The molecule has 1 N–H and O–H groups in total. The van der Waals surface area contributed by atoms with Crippen molar-refractivity contribution in [1.82, 2.24) is 10.4 Å². The highest BCUT2D eigenvalue weighted by molar-refractivity contribution is 7.91. The van der Waals surface area contributed by atoms with Gasteiger partial charge in [-0.1, -0.05) is 23.7 Å². The van der Waals surface area contributed by atoms with E-state index < -0.39 is 9.84 Å². The van der Waals surface area contributed by atoms with Gasteiger partial charge < -0.3 is 0 Å². The van der Waals surface area contributed by atoms with Gasteiger partial charge in [-0.25, -0.2) is 18.8 Å². The molecule has 1 amide bonds.